The molecule has 0 rings (SSSR count). The number of unbranched alkanes of at least 4 members (excludes halogenated alkanes) is 15. The molecule has 2 heteroatoms. The third kappa shape index (κ3) is 17.8. The van der Waals surface area contributed by atoms with Gasteiger partial charge in [0.2, 0.25) is 0 Å². The van der Waals surface area contributed by atoms with Crippen molar-refractivity contribution in [2.45, 2.75) is 136 Å². The summed E-state index contributed by atoms with van der Waals surface area (Å²) in [7, 11) is -1.95. The molecule has 0 saturated heterocycles. The number of hydrogen-bond acceptors (Lipinski definition) is 1. The Balaban J connectivity index is 4.02. The van der Waals surface area contributed by atoms with Gasteiger partial charge in [0.05, 0.1) is 0 Å². The van der Waals surface area contributed by atoms with Gasteiger partial charge < -0.3 is 0 Å². The Morgan fingerprint density at radius 1 is 0.385 bits per heavy atom. The first-order chi connectivity index (χ1) is 12.7. The van der Waals surface area contributed by atoms with Crippen molar-refractivity contribution in [3.05, 3.63) is 0 Å². The topological polar surface area (TPSA) is 20.2 Å². The van der Waals surface area contributed by atoms with Crippen molar-refractivity contribution in [3.8, 4) is 0 Å². The second kappa shape index (κ2) is 20.1. The Bertz CT molecular complexity index is 226. The van der Waals surface area contributed by atoms with Crippen molar-refractivity contribution >= 4 is 7.49 Å². The van der Waals surface area contributed by atoms with Gasteiger partial charge in [-0.2, -0.15) is 0 Å². The van der Waals surface area contributed by atoms with Crippen LogP contribution in [-0.2, 0) is 0 Å². The standard InChI is InChI=1S/C24H53OP/c1-4-7-10-13-16-19-22-26(25,23-20-17-14-11-8-5-2)24-21-18-15-12-9-6-3/h25-26H,4-24H2,1-3H3. The predicted molar refractivity (Wildman–Crippen MR) is 125 cm³/mol. The Labute approximate surface area is 167 Å². The fraction of sp³-hybridized carbons (Fsp3) is 1.00. The summed E-state index contributed by atoms with van der Waals surface area (Å²) in [4.78, 5) is 11.4. The van der Waals surface area contributed by atoms with Crippen molar-refractivity contribution in [2.24, 2.45) is 0 Å². The molecule has 0 fully saturated rings. The maximum absolute atomic E-state index is 11.4. The zero-order chi connectivity index (χ0) is 19.3. The first kappa shape index (κ1) is 26.4. The van der Waals surface area contributed by atoms with E-state index in [-0.39, 0.29) is 0 Å². The summed E-state index contributed by atoms with van der Waals surface area (Å²) >= 11 is 0. The summed E-state index contributed by atoms with van der Waals surface area (Å²) in [5, 5.41) is 0. The van der Waals surface area contributed by atoms with Gasteiger partial charge >= 0.3 is 167 Å². The third-order valence-electron chi connectivity index (χ3n) is 5.99. The summed E-state index contributed by atoms with van der Waals surface area (Å²) in [6, 6.07) is 0. The van der Waals surface area contributed by atoms with E-state index in [0.717, 1.165) is 0 Å². The monoisotopic (exact) mass is 388 g/mol. The van der Waals surface area contributed by atoms with E-state index in [2.05, 4.69) is 20.8 Å². The van der Waals surface area contributed by atoms with E-state index in [0.29, 0.717) is 0 Å². The first-order valence-electron chi connectivity index (χ1n) is 12.4. The van der Waals surface area contributed by atoms with E-state index in [1.165, 1.54) is 134 Å². The minimum absolute atomic E-state index is 1.18. The van der Waals surface area contributed by atoms with E-state index >= 15 is 0 Å². The Kier molecular flexibility index (Phi) is 20.4. The van der Waals surface area contributed by atoms with Crippen LogP contribution in [0.5, 0.6) is 0 Å². The van der Waals surface area contributed by atoms with Crippen LogP contribution >= 0.6 is 7.49 Å². The van der Waals surface area contributed by atoms with Crippen LogP contribution in [0.1, 0.15) is 136 Å². The van der Waals surface area contributed by atoms with Crippen LogP contribution in [0.4, 0.5) is 0 Å². The Morgan fingerprint density at radius 3 is 0.885 bits per heavy atom. The Morgan fingerprint density at radius 2 is 0.615 bits per heavy atom. The maximum atomic E-state index is 11.4. The fourth-order valence-electron chi connectivity index (χ4n) is 4.08. The van der Waals surface area contributed by atoms with E-state index in [1.54, 1.807) is 0 Å². The zero-order valence-corrected chi connectivity index (χ0v) is 19.8. The molecule has 0 aromatic heterocycles. The molecule has 0 unspecified atom stereocenters. The molecule has 1 nitrogen and oxygen atoms in total. The molecule has 0 aromatic carbocycles. The molecule has 0 aromatic rings. The summed E-state index contributed by atoms with van der Waals surface area (Å²) in [5.74, 6) is 0. The number of hydrogen-bond donors (Lipinski definition) is 1. The molecule has 160 valence electrons. The molecule has 0 radical (unpaired) electrons. The van der Waals surface area contributed by atoms with Crippen LogP contribution in [0.2, 0.25) is 0 Å². The second-order valence-electron chi connectivity index (χ2n) is 8.78. The fourth-order valence-corrected chi connectivity index (χ4v) is 7.55. The predicted octanol–water partition coefficient (Wildman–Crippen LogP) is 8.73. The van der Waals surface area contributed by atoms with Crippen molar-refractivity contribution in [1.29, 1.82) is 0 Å². The molecule has 0 aliphatic rings. The van der Waals surface area contributed by atoms with E-state index in [9.17, 15) is 4.89 Å². The summed E-state index contributed by atoms with van der Waals surface area (Å²) in [5.41, 5.74) is 0. The van der Waals surface area contributed by atoms with Crippen molar-refractivity contribution in [2.75, 3.05) is 18.5 Å². The van der Waals surface area contributed by atoms with Crippen LogP contribution in [-0.4, -0.2) is 23.4 Å². The molecule has 0 amide bonds. The zero-order valence-electron chi connectivity index (χ0n) is 18.8. The van der Waals surface area contributed by atoms with Gasteiger partial charge in [-0.25, -0.2) is 0 Å². The molecule has 0 aliphatic heterocycles. The van der Waals surface area contributed by atoms with Gasteiger partial charge in [-0.3, -0.25) is 0 Å². The van der Waals surface area contributed by atoms with Crippen molar-refractivity contribution in [1.82, 2.24) is 0 Å². The molecule has 0 atom stereocenters. The molecular weight excluding hydrogens is 335 g/mol. The van der Waals surface area contributed by atoms with Crippen LogP contribution < -0.4 is 0 Å². The molecule has 0 heterocycles. The van der Waals surface area contributed by atoms with Crippen LogP contribution in [0.25, 0.3) is 0 Å². The molecule has 1 N–H and O–H groups in total. The van der Waals surface area contributed by atoms with Crippen molar-refractivity contribution in [3.63, 3.8) is 0 Å². The van der Waals surface area contributed by atoms with Crippen LogP contribution in [0.15, 0.2) is 0 Å². The minimum atomic E-state index is -1.95. The third-order valence-corrected chi connectivity index (χ3v) is 9.84. The molecule has 0 spiro atoms. The summed E-state index contributed by atoms with van der Waals surface area (Å²) in [6.07, 6.45) is 27.9. The normalized spacial score (nSPS) is 12.6. The Hall–Kier alpha value is 0.390. The number of rotatable bonds is 21. The van der Waals surface area contributed by atoms with Crippen molar-refractivity contribution < 1.29 is 4.89 Å². The molecular formula is C24H53OP. The first-order valence-corrected chi connectivity index (χ1v) is 15.0. The average Bonchev–Trinajstić information content (AvgIpc) is 2.64. The molecule has 0 bridgehead atoms. The van der Waals surface area contributed by atoms with E-state index < -0.39 is 7.49 Å². The van der Waals surface area contributed by atoms with Gasteiger partial charge in [-0.05, 0) is 0 Å². The van der Waals surface area contributed by atoms with Gasteiger partial charge in [0.1, 0.15) is 0 Å². The van der Waals surface area contributed by atoms with E-state index in [4.69, 9.17) is 0 Å². The molecule has 0 saturated carbocycles. The SMILES string of the molecule is CCCCCCCC[PH](O)(CCCCCCCC)CCCCCCCC. The summed E-state index contributed by atoms with van der Waals surface area (Å²) in [6.45, 7) is 6.85. The van der Waals surface area contributed by atoms with Gasteiger partial charge in [0.25, 0.3) is 0 Å². The van der Waals surface area contributed by atoms with Gasteiger partial charge in [-0.15, -0.1) is 0 Å². The average molecular weight is 389 g/mol. The van der Waals surface area contributed by atoms with Crippen LogP contribution in [0.3, 0.4) is 0 Å². The van der Waals surface area contributed by atoms with Gasteiger partial charge in [0, 0.05) is 0 Å². The second-order valence-corrected chi connectivity index (χ2v) is 12.7. The van der Waals surface area contributed by atoms with E-state index in [1.807, 2.05) is 0 Å². The molecule has 0 aliphatic carbocycles. The van der Waals surface area contributed by atoms with Crippen LogP contribution in [0, 0.1) is 0 Å². The molecule has 26 heavy (non-hydrogen) atoms. The van der Waals surface area contributed by atoms with Gasteiger partial charge in [-0.1, -0.05) is 0 Å². The summed E-state index contributed by atoms with van der Waals surface area (Å²) < 4.78 is 0. The van der Waals surface area contributed by atoms with Gasteiger partial charge in [0.15, 0.2) is 0 Å². The quantitative estimate of drug-likeness (QED) is 0.154.